The number of hydrogen-bond acceptors (Lipinski definition) is 6. The van der Waals surface area contributed by atoms with Gasteiger partial charge in [0, 0.05) is 5.69 Å². The average Bonchev–Trinajstić information content (AvgIpc) is 3.01. The molecule has 8 heteroatoms. The van der Waals surface area contributed by atoms with E-state index in [-0.39, 0.29) is 5.91 Å². The molecule has 3 rings (SSSR count). The zero-order chi connectivity index (χ0) is 14.8. The van der Waals surface area contributed by atoms with E-state index in [9.17, 15) is 4.79 Å². The van der Waals surface area contributed by atoms with Crippen molar-refractivity contribution in [2.45, 2.75) is 18.2 Å². The van der Waals surface area contributed by atoms with Crippen LogP contribution in [0.25, 0.3) is 4.96 Å². The molecule has 0 bridgehead atoms. The van der Waals surface area contributed by atoms with Crippen LogP contribution >= 0.6 is 23.1 Å². The Labute approximate surface area is 129 Å². The van der Waals surface area contributed by atoms with Gasteiger partial charge in [-0.3, -0.25) is 4.79 Å². The molecule has 0 saturated carbocycles. The first-order valence-electron chi connectivity index (χ1n) is 6.28. The van der Waals surface area contributed by atoms with E-state index in [0.717, 1.165) is 20.6 Å². The van der Waals surface area contributed by atoms with E-state index in [2.05, 4.69) is 20.6 Å². The Hall–Kier alpha value is -1.93. The van der Waals surface area contributed by atoms with Crippen LogP contribution in [0.2, 0.25) is 0 Å². The molecule has 6 nitrogen and oxygen atoms in total. The fraction of sp³-hybridized carbons (Fsp3) is 0.231. The van der Waals surface area contributed by atoms with Gasteiger partial charge in [0.05, 0.1) is 5.75 Å². The largest absolute Gasteiger partial charge is 0.325 e. The van der Waals surface area contributed by atoms with Crippen molar-refractivity contribution in [3.05, 3.63) is 35.7 Å². The average molecular weight is 319 g/mol. The van der Waals surface area contributed by atoms with Crippen LogP contribution in [0.5, 0.6) is 0 Å². The molecule has 108 valence electrons. The number of benzene rings is 1. The molecular weight excluding hydrogens is 306 g/mol. The van der Waals surface area contributed by atoms with E-state index < -0.39 is 0 Å². The minimum atomic E-state index is -0.0470. The van der Waals surface area contributed by atoms with Gasteiger partial charge in [-0.25, -0.2) is 0 Å². The second-order valence-corrected chi connectivity index (χ2v) is 6.74. The highest BCUT2D eigenvalue weighted by atomic mass is 32.2. The summed E-state index contributed by atoms with van der Waals surface area (Å²) in [6, 6.07) is 5.88. The smallest absolute Gasteiger partial charge is 0.235 e. The van der Waals surface area contributed by atoms with Crippen LogP contribution in [0.1, 0.15) is 11.1 Å². The first-order valence-corrected chi connectivity index (χ1v) is 8.09. The Morgan fingerprint density at radius 2 is 2.24 bits per heavy atom. The number of carbonyl (C=O) groups is 1. The van der Waals surface area contributed by atoms with E-state index in [0.29, 0.717) is 5.75 Å². The maximum absolute atomic E-state index is 11.9. The summed E-state index contributed by atoms with van der Waals surface area (Å²) in [6.45, 7) is 4.07. The van der Waals surface area contributed by atoms with Gasteiger partial charge in [-0.2, -0.15) is 4.52 Å². The minimum absolute atomic E-state index is 0.0470. The van der Waals surface area contributed by atoms with Crippen molar-refractivity contribution in [1.29, 1.82) is 0 Å². The number of rotatable bonds is 4. The van der Waals surface area contributed by atoms with Crippen LogP contribution in [-0.2, 0) is 4.79 Å². The Bertz CT molecular complexity index is 766. The summed E-state index contributed by atoms with van der Waals surface area (Å²) >= 11 is 2.81. The summed E-state index contributed by atoms with van der Waals surface area (Å²) in [5.74, 6) is 0.269. The monoisotopic (exact) mass is 319 g/mol. The Kier molecular flexibility index (Phi) is 3.89. The second-order valence-electron chi connectivity index (χ2n) is 4.56. The lowest BCUT2D eigenvalue weighted by Crippen LogP contribution is -2.14. The molecule has 2 heterocycles. The molecule has 0 radical (unpaired) electrons. The van der Waals surface area contributed by atoms with Crippen LogP contribution in [0.15, 0.2) is 28.9 Å². The molecule has 0 aliphatic heterocycles. The highest BCUT2D eigenvalue weighted by Crippen LogP contribution is 2.23. The van der Waals surface area contributed by atoms with Gasteiger partial charge in [-0.05, 0) is 37.1 Å². The lowest BCUT2D eigenvalue weighted by Gasteiger charge is -2.06. The first kappa shape index (κ1) is 14.0. The molecule has 0 fully saturated rings. The van der Waals surface area contributed by atoms with Crippen LogP contribution in [0, 0.1) is 13.8 Å². The summed E-state index contributed by atoms with van der Waals surface area (Å²) in [5.41, 5.74) is 3.19. The maximum Gasteiger partial charge on any atom is 0.235 e. The third kappa shape index (κ3) is 3.22. The Morgan fingerprint density at radius 3 is 3.00 bits per heavy atom. The third-order valence-corrected chi connectivity index (χ3v) is 5.03. The molecule has 0 unspecified atom stereocenters. The van der Waals surface area contributed by atoms with Gasteiger partial charge in [0.25, 0.3) is 0 Å². The zero-order valence-corrected chi connectivity index (χ0v) is 13.2. The fourth-order valence-electron chi connectivity index (χ4n) is 1.74. The van der Waals surface area contributed by atoms with Gasteiger partial charge in [0.15, 0.2) is 4.34 Å². The third-order valence-electron chi connectivity index (χ3n) is 2.99. The second kappa shape index (κ2) is 5.82. The van der Waals surface area contributed by atoms with Gasteiger partial charge in [0.1, 0.15) is 6.33 Å². The Balaban J connectivity index is 1.58. The predicted octanol–water partition coefficient (Wildman–Crippen LogP) is 2.53. The molecule has 0 spiro atoms. The molecule has 1 aromatic carbocycles. The number of nitrogens with one attached hydrogen (secondary N) is 1. The van der Waals surface area contributed by atoms with Crippen molar-refractivity contribution in [3.63, 3.8) is 0 Å². The number of fused-ring (bicyclic) bond motifs is 1. The summed E-state index contributed by atoms with van der Waals surface area (Å²) < 4.78 is 2.41. The topological polar surface area (TPSA) is 72.2 Å². The summed E-state index contributed by atoms with van der Waals surface area (Å²) in [6.07, 6.45) is 1.55. The minimum Gasteiger partial charge on any atom is -0.325 e. The van der Waals surface area contributed by atoms with Crippen molar-refractivity contribution >= 4 is 39.7 Å². The zero-order valence-electron chi connectivity index (χ0n) is 11.5. The van der Waals surface area contributed by atoms with E-state index in [1.807, 2.05) is 32.0 Å². The van der Waals surface area contributed by atoms with Crippen molar-refractivity contribution in [2.24, 2.45) is 0 Å². The molecule has 0 saturated heterocycles. The molecular formula is C13H13N5OS2. The van der Waals surface area contributed by atoms with Crippen molar-refractivity contribution in [1.82, 2.24) is 19.8 Å². The number of aryl methyl sites for hydroxylation is 2. The number of anilines is 1. The molecule has 0 atom stereocenters. The SMILES string of the molecule is Cc1ccc(NC(=O)CSc2nn3cnnc3s2)cc1C. The van der Waals surface area contributed by atoms with Gasteiger partial charge in [-0.15, -0.1) is 15.3 Å². The molecule has 0 aliphatic carbocycles. The standard InChI is InChI=1S/C13H13N5OS2/c1-8-3-4-10(5-9(8)2)15-11(19)6-20-13-17-18-7-14-16-12(18)21-13/h3-5,7H,6H2,1-2H3,(H,15,19). The number of hydrogen-bond donors (Lipinski definition) is 1. The normalized spacial score (nSPS) is 11.0. The van der Waals surface area contributed by atoms with E-state index in [4.69, 9.17) is 0 Å². The number of carbonyl (C=O) groups excluding carboxylic acids is 1. The van der Waals surface area contributed by atoms with Crippen LogP contribution in [0.3, 0.4) is 0 Å². The number of thioether (sulfide) groups is 1. The van der Waals surface area contributed by atoms with Gasteiger partial charge < -0.3 is 5.32 Å². The molecule has 1 N–H and O–H groups in total. The number of amides is 1. The van der Waals surface area contributed by atoms with Gasteiger partial charge in [-0.1, -0.05) is 29.2 Å². The number of aromatic nitrogens is 4. The summed E-state index contributed by atoms with van der Waals surface area (Å²) in [7, 11) is 0. The van der Waals surface area contributed by atoms with Crippen LogP contribution in [-0.4, -0.2) is 31.5 Å². The molecule has 1 amide bonds. The molecule has 2 aromatic heterocycles. The Morgan fingerprint density at radius 1 is 1.38 bits per heavy atom. The lowest BCUT2D eigenvalue weighted by molar-refractivity contribution is -0.113. The van der Waals surface area contributed by atoms with Gasteiger partial charge in [0.2, 0.25) is 10.9 Å². The quantitative estimate of drug-likeness (QED) is 0.748. The van der Waals surface area contributed by atoms with Crippen molar-refractivity contribution < 1.29 is 4.79 Å². The highest BCUT2D eigenvalue weighted by molar-refractivity contribution is 8.01. The lowest BCUT2D eigenvalue weighted by atomic mass is 10.1. The van der Waals surface area contributed by atoms with E-state index in [1.165, 1.54) is 28.7 Å². The number of nitrogens with zero attached hydrogens (tertiary/aromatic N) is 4. The van der Waals surface area contributed by atoms with E-state index in [1.54, 1.807) is 10.8 Å². The van der Waals surface area contributed by atoms with Gasteiger partial charge >= 0.3 is 0 Å². The van der Waals surface area contributed by atoms with Crippen molar-refractivity contribution in [2.75, 3.05) is 11.1 Å². The molecule has 0 aliphatic rings. The summed E-state index contributed by atoms with van der Waals surface area (Å²) in [4.78, 5) is 12.7. The molecule has 3 aromatic rings. The first-order chi connectivity index (χ1) is 10.1. The highest BCUT2D eigenvalue weighted by Gasteiger charge is 2.09. The fourth-order valence-corrected chi connectivity index (χ4v) is 3.41. The maximum atomic E-state index is 11.9. The van der Waals surface area contributed by atoms with E-state index >= 15 is 0 Å². The summed E-state index contributed by atoms with van der Waals surface area (Å²) in [5, 5.41) is 14.8. The van der Waals surface area contributed by atoms with Crippen molar-refractivity contribution in [3.8, 4) is 0 Å². The predicted molar refractivity (Wildman–Crippen MR) is 83.9 cm³/mol. The van der Waals surface area contributed by atoms with Crippen LogP contribution < -0.4 is 5.32 Å². The molecule has 21 heavy (non-hydrogen) atoms. The van der Waals surface area contributed by atoms with Crippen LogP contribution in [0.4, 0.5) is 5.69 Å².